The highest BCUT2D eigenvalue weighted by molar-refractivity contribution is 5.32. The molecule has 0 rings (SSSR count). The van der Waals surface area contributed by atoms with Crippen LogP contribution in [0.3, 0.4) is 0 Å². The Morgan fingerprint density at radius 3 is 1.50 bits per heavy atom. The van der Waals surface area contributed by atoms with Crippen molar-refractivity contribution in [1.29, 1.82) is 5.26 Å². The van der Waals surface area contributed by atoms with E-state index in [1.165, 1.54) is 6.92 Å². The molecule has 0 heterocycles. The summed E-state index contributed by atoms with van der Waals surface area (Å²) in [6.07, 6.45) is 0. The topological polar surface area (TPSA) is 125 Å². The number of carbonyl (C=O) groups is 1. The molecule has 0 aliphatic rings. The van der Waals surface area contributed by atoms with Gasteiger partial charge >= 0.3 is 0 Å². The van der Waals surface area contributed by atoms with E-state index in [0.29, 0.717) is 0 Å². The first-order valence-electron chi connectivity index (χ1n) is 3.79. The van der Waals surface area contributed by atoms with Crippen LogP contribution in [0.2, 0.25) is 0 Å². The molecule has 0 amide bonds. The third-order valence-electron chi connectivity index (χ3n) is 0.500. The molecule has 0 aromatic heterocycles. The molecular weight excluding hydrogens is 188 g/mol. The van der Waals surface area contributed by atoms with Crippen LogP contribution < -0.4 is 5.32 Å². The Balaban J connectivity index is -0.0000000267. The summed E-state index contributed by atoms with van der Waals surface area (Å²) < 4.78 is 0. The van der Waals surface area contributed by atoms with Crippen molar-refractivity contribution in [3.05, 3.63) is 0 Å². The minimum Gasteiger partial charge on any atom is -0.483 e. The molecule has 0 aliphatic heterocycles. The quantitative estimate of drug-likeness (QED) is 0.536. The molecule has 0 radical (unpaired) electrons. The van der Waals surface area contributed by atoms with E-state index < -0.39 is 0 Å². The lowest BCUT2D eigenvalue weighted by atomic mass is 10.7. The monoisotopic (exact) mass is 210 g/mol. The molecule has 14 heavy (non-hydrogen) atoms. The number of rotatable bonds is 2. The lowest BCUT2D eigenvalue weighted by Crippen LogP contribution is -2.09. The molecule has 88 valence electrons. The standard InChI is InChI=1S/C4H11N.C2H3N.CH2O2.CH4O.H2O/c1-3-5-4-2;1-2-3;2-1-3;1-2;/h5H,3-4H2,1-2H3;1H3;1H,(H,2,3);2H,1H3;1H2. The van der Waals surface area contributed by atoms with Gasteiger partial charge in [-0.25, -0.2) is 0 Å². The lowest BCUT2D eigenvalue weighted by molar-refractivity contribution is -0.122. The van der Waals surface area contributed by atoms with Crippen LogP contribution in [-0.2, 0) is 4.79 Å². The molecule has 0 fully saturated rings. The number of nitriles is 1. The Morgan fingerprint density at radius 1 is 1.36 bits per heavy atom. The predicted octanol–water partition coefficient (Wildman–Crippen LogP) is -0.370. The van der Waals surface area contributed by atoms with Crippen molar-refractivity contribution in [2.45, 2.75) is 20.8 Å². The highest BCUT2D eigenvalue weighted by Crippen LogP contribution is 1.47. The fourth-order valence-electron chi connectivity index (χ4n) is 0.250. The predicted molar refractivity (Wildman–Crippen MR) is 56.0 cm³/mol. The summed E-state index contributed by atoms with van der Waals surface area (Å²) >= 11 is 0. The zero-order valence-electron chi connectivity index (χ0n) is 9.24. The van der Waals surface area contributed by atoms with E-state index in [4.69, 9.17) is 20.3 Å². The minimum absolute atomic E-state index is 0. The Morgan fingerprint density at radius 2 is 1.50 bits per heavy atom. The van der Waals surface area contributed by atoms with Crippen LogP contribution in [0.5, 0.6) is 0 Å². The maximum absolute atomic E-state index is 8.36. The van der Waals surface area contributed by atoms with Gasteiger partial charge in [0.25, 0.3) is 6.47 Å². The summed E-state index contributed by atoms with van der Waals surface area (Å²) in [6.45, 7) is 7.57. The van der Waals surface area contributed by atoms with Gasteiger partial charge in [-0.2, -0.15) is 5.26 Å². The number of aliphatic hydroxyl groups is 1. The molecule has 6 nitrogen and oxygen atoms in total. The van der Waals surface area contributed by atoms with Crippen molar-refractivity contribution in [3.8, 4) is 6.07 Å². The summed E-state index contributed by atoms with van der Waals surface area (Å²) in [5.41, 5.74) is 0. The highest BCUT2D eigenvalue weighted by Gasteiger charge is 1.62. The smallest absolute Gasteiger partial charge is 0.290 e. The van der Waals surface area contributed by atoms with E-state index in [2.05, 4.69) is 19.2 Å². The van der Waals surface area contributed by atoms with Crippen molar-refractivity contribution in [2.24, 2.45) is 0 Å². The maximum Gasteiger partial charge on any atom is 0.290 e. The van der Waals surface area contributed by atoms with E-state index in [1.54, 1.807) is 6.07 Å². The molecule has 0 spiro atoms. The number of hydrogen-bond donors (Lipinski definition) is 3. The van der Waals surface area contributed by atoms with Gasteiger partial charge in [0.15, 0.2) is 0 Å². The number of aliphatic hydroxyl groups excluding tert-OH is 1. The maximum atomic E-state index is 8.36. The average Bonchev–Trinajstić information content (AvgIpc) is 2.12. The first kappa shape index (κ1) is 29.3. The van der Waals surface area contributed by atoms with Gasteiger partial charge in [-0.05, 0) is 13.1 Å². The van der Waals surface area contributed by atoms with Crippen molar-refractivity contribution >= 4 is 6.47 Å². The van der Waals surface area contributed by atoms with E-state index in [-0.39, 0.29) is 11.9 Å². The van der Waals surface area contributed by atoms with Gasteiger partial charge in [-0.1, -0.05) is 13.8 Å². The van der Waals surface area contributed by atoms with Gasteiger partial charge in [-0.3, -0.25) is 4.79 Å². The molecule has 5 N–H and O–H groups in total. The molecule has 0 saturated heterocycles. The summed E-state index contributed by atoms with van der Waals surface area (Å²) in [6, 6.07) is 1.75. The Labute approximate surface area is 85.5 Å². The third-order valence-corrected chi connectivity index (χ3v) is 0.500. The van der Waals surface area contributed by atoms with E-state index in [0.717, 1.165) is 20.2 Å². The van der Waals surface area contributed by atoms with Crippen LogP contribution in [0, 0.1) is 11.3 Å². The van der Waals surface area contributed by atoms with Gasteiger partial charge in [-0.15, -0.1) is 0 Å². The van der Waals surface area contributed by atoms with Gasteiger partial charge in [0.1, 0.15) is 0 Å². The fourth-order valence-corrected chi connectivity index (χ4v) is 0.250. The minimum atomic E-state index is -0.250. The Bertz CT molecular complexity index is 91.8. The second-order valence-corrected chi connectivity index (χ2v) is 1.29. The first-order chi connectivity index (χ1) is 6.24. The first-order valence-corrected chi connectivity index (χ1v) is 3.79. The molecule has 6 heteroatoms. The highest BCUT2D eigenvalue weighted by atomic mass is 16.3. The Kier molecular flexibility index (Phi) is 197. The third kappa shape index (κ3) is 1490. The number of carboxylic acid groups (broad SMARTS) is 1. The van der Waals surface area contributed by atoms with E-state index >= 15 is 0 Å². The Hall–Kier alpha value is -1.16. The number of nitrogens with zero attached hydrogens (tertiary/aromatic N) is 1. The largest absolute Gasteiger partial charge is 0.483 e. The SMILES string of the molecule is CC#N.CCNCC.CO.O.O=CO. The molecule has 0 saturated carbocycles. The molecule has 0 aromatic carbocycles. The molecule has 0 bridgehead atoms. The van der Waals surface area contributed by atoms with Gasteiger partial charge in [0.05, 0.1) is 6.07 Å². The molecular formula is C8H22N2O4. The fraction of sp³-hybridized carbons (Fsp3) is 0.750. The van der Waals surface area contributed by atoms with E-state index in [1.807, 2.05) is 0 Å². The zero-order chi connectivity index (χ0) is 11.5. The van der Waals surface area contributed by atoms with Crippen LogP contribution in [0.25, 0.3) is 0 Å². The van der Waals surface area contributed by atoms with Crippen LogP contribution in [0.1, 0.15) is 20.8 Å². The second-order valence-electron chi connectivity index (χ2n) is 1.29. The van der Waals surface area contributed by atoms with Crippen LogP contribution in [-0.4, -0.2) is 42.4 Å². The summed E-state index contributed by atoms with van der Waals surface area (Å²) in [4.78, 5) is 8.36. The van der Waals surface area contributed by atoms with Gasteiger partial charge in [0, 0.05) is 14.0 Å². The zero-order valence-corrected chi connectivity index (χ0v) is 9.24. The summed E-state index contributed by atoms with van der Waals surface area (Å²) in [5.74, 6) is 0. The number of nitrogens with one attached hydrogen (secondary N) is 1. The van der Waals surface area contributed by atoms with Crippen molar-refractivity contribution in [1.82, 2.24) is 5.32 Å². The van der Waals surface area contributed by atoms with Crippen molar-refractivity contribution in [2.75, 3.05) is 20.2 Å². The van der Waals surface area contributed by atoms with Crippen LogP contribution in [0.4, 0.5) is 0 Å². The van der Waals surface area contributed by atoms with Crippen LogP contribution >= 0.6 is 0 Å². The average molecular weight is 210 g/mol. The van der Waals surface area contributed by atoms with Crippen LogP contribution in [0.15, 0.2) is 0 Å². The molecule has 0 aromatic rings. The van der Waals surface area contributed by atoms with E-state index in [9.17, 15) is 0 Å². The number of hydrogen-bond acceptors (Lipinski definition) is 4. The normalized spacial score (nSPS) is 4.86. The van der Waals surface area contributed by atoms with Gasteiger partial charge in [0.2, 0.25) is 0 Å². The van der Waals surface area contributed by atoms with Gasteiger partial charge < -0.3 is 21.0 Å². The lowest BCUT2D eigenvalue weighted by Gasteiger charge is -1.86. The second kappa shape index (κ2) is 94.4. The summed E-state index contributed by atoms with van der Waals surface area (Å²) in [7, 11) is 1.00. The van der Waals surface area contributed by atoms with Crippen molar-refractivity contribution in [3.63, 3.8) is 0 Å². The molecule has 0 atom stereocenters. The van der Waals surface area contributed by atoms with Crippen molar-refractivity contribution < 1.29 is 20.5 Å². The molecule has 0 aliphatic carbocycles. The molecule has 0 unspecified atom stereocenters. The summed E-state index contributed by atoms with van der Waals surface area (Å²) in [5, 5.41) is 24.3.